The van der Waals surface area contributed by atoms with Crippen molar-refractivity contribution in [3.63, 3.8) is 0 Å². The van der Waals surface area contributed by atoms with Crippen LogP contribution in [0.5, 0.6) is 0 Å². The lowest BCUT2D eigenvalue weighted by atomic mass is 9.89. The van der Waals surface area contributed by atoms with Gasteiger partial charge in [0.05, 0.1) is 18.2 Å². The summed E-state index contributed by atoms with van der Waals surface area (Å²) in [4.78, 5) is 31.2. The molecule has 5 rings (SSSR count). The van der Waals surface area contributed by atoms with Crippen LogP contribution in [0.3, 0.4) is 0 Å². The van der Waals surface area contributed by atoms with Gasteiger partial charge in [-0.2, -0.15) is 10.5 Å². The molecule has 0 bridgehead atoms. The third-order valence-corrected chi connectivity index (χ3v) is 9.56. The predicted octanol–water partition coefficient (Wildman–Crippen LogP) is 6.93. The van der Waals surface area contributed by atoms with Gasteiger partial charge in [-0.1, -0.05) is 62.4 Å². The first-order chi connectivity index (χ1) is 20.8. The number of nitrogens with two attached hydrogens (primary N) is 1. The van der Waals surface area contributed by atoms with Crippen LogP contribution in [-0.4, -0.2) is 29.7 Å². The van der Waals surface area contributed by atoms with Crippen molar-refractivity contribution >= 4 is 45.8 Å². The molecule has 4 aromatic rings. The van der Waals surface area contributed by atoms with Crippen molar-refractivity contribution in [2.75, 3.05) is 23.9 Å². The second-order valence-corrected chi connectivity index (χ2v) is 12.4. The van der Waals surface area contributed by atoms with E-state index in [0.717, 1.165) is 28.0 Å². The fourth-order valence-corrected chi connectivity index (χ4v) is 7.45. The first kappa shape index (κ1) is 29.8. The zero-order valence-electron chi connectivity index (χ0n) is 24.0. The highest BCUT2D eigenvalue weighted by atomic mass is 32.2. The third-order valence-electron chi connectivity index (χ3n) is 7.41. The fourth-order valence-electron chi connectivity index (χ4n) is 5.20. The van der Waals surface area contributed by atoms with Crippen LogP contribution in [0.1, 0.15) is 64.4 Å². The van der Waals surface area contributed by atoms with Crippen LogP contribution >= 0.6 is 23.1 Å². The number of esters is 1. The van der Waals surface area contributed by atoms with Crippen LogP contribution in [-0.2, 0) is 22.4 Å². The minimum atomic E-state index is -0.480. The molecule has 1 aliphatic carbocycles. The van der Waals surface area contributed by atoms with Gasteiger partial charge in [-0.05, 0) is 46.6 Å². The second kappa shape index (κ2) is 12.7. The quantitative estimate of drug-likeness (QED) is 0.162. The minimum absolute atomic E-state index is 0.0311. The molecule has 43 heavy (non-hydrogen) atoms. The Kier molecular flexibility index (Phi) is 8.81. The monoisotopic (exact) mass is 607 g/mol. The summed E-state index contributed by atoms with van der Waals surface area (Å²) in [5.74, 6) is -0.102. The molecule has 0 saturated heterocycles. The average molecular weight is 608 g/mol. The number of benzene rings is 2. The van der Waals surface area contributed by atoms with Crippen LogP contribution in [0, 0.1) is 22.7 Å². The summed E-state index contributed by atoms with van der Waals surface area (Å²) < 4.78 is 5.07. The van der Waals surface area contributed by atoms with E-state index in [-0.39, 0.29) is 29.3 Å². The van der Waals surface area contributed by atoms with Crippen molar-refractivity contribution in [3.8, 4) is 33.7 Å². The molecular formula is C33H29N5O3S2. The van der Waals surface area contributed by atoms with Gasteiger partial charge in [-0.3, -0.25) is 4.79 Å². The van der Waals surface area contributed by atoms with E-state index in [1.807, 2.05) is 42.5 Å². The molecule has 0 unspecified atom stereocenters. The number of rotatable bonds is 8. The first-order valence-corrected chi connectivity index (χ1v) is 15.6. The summed E-state index contributed by atoms with van der Waals surface area (Å²) in [6.45, 7) is 4.18. The van der Waals surface area contributed by atoms with Gasteiger partial charge in [-0.15, -0.1) is 23.1 Å². The van der Waals surface area contributed by atoms with Crippen LogP contribution in [0.25, 0.3) is 21.6 Å². The molecule has 3 N–H and O–H groups in total. The van der Waals surface area contributed by atoms with E-state index in [1.165, 1.54) is 35.8 Å². The van der Waals surface area contributed by atoms with Crippen LogP contribution < -0.4 is 11.1 Å². The summed E-state index contributed by atoms with van der Waals surface area (Å²) in [6, 6.07) is 20.1. The lowest BCUT2D eigenvalue weighted by Gasteiger charge is -2.16. The summed E-state index contributed by atoms with van der Waals surface area (Å²) in [6.07, 6.45) is 1.58. The van der Waals surface area contributed by atoms with Gasteiger partial charge in [-0.25, -0.2) is 9.78 Å². The molecule has 1 aliphatic rings. The van der Waals surface area contributed by atoms with Crippen molar-refractivity contribution in [3.05, 3.63) is 81.9 Å². The fraction of sp³-hybridized carbons (Fsp3) is 0.242. The number of thioether (sulfide) groups is 1. The number of aryl methyl sites for hydroxylation is 1. The van der Waals surface area contributed by atoms with E-state index in [0.29, 0.717) is 44.8 Å². The molecular weight excluding hydrogens is 579 g/mol. The maximum absolute atomic E-state index is 13.1. The predicted molar refractivity (Wildman–Crippen MR) is 170 cm³/mol. The topological polar surface area (TPSA) is 142 Å². The summed E-state index contributed by atoms with van der Waals surface area (Å²) in [7, 11) is 1.33. The number of nitrogens with one attached hydrogen (secondary N) is 1. The Morgan fingerprint density at radius 3 is 2.49 bits per heavy atom. The largest absolute Gasteiger partial charge is 0.465 e. The summed E-state index contributed by atoms with van der Waals surface area (Å²) >= 11 is 2.60. The maximum atomic E-state index is 13.1. The smallest absolute Gasteiger partial charge is 0.341 e. The molecule has 216 valence electrons. The van der Waals surface area contributed by atoms with Crippen molar-refractivity contribution in [1.82, 2.24) is 4.98 Å². The van der Waals surface area contributed by atoms with Crippen LogP contribution in [0.4, 0.5) is 10.8 Å². The number of fused-ring (bicyclic) bond motifs is 3. The molecule has 0 saturated carbocycles. The molecule has 1 amide bonds. The molecule has 10 heteroatoms. The number of anilines is 2. The zero-order chi connectivity index (χ0) is 30.7. The highest BCUT2D eigenvalue weighted by Gasteiger charge is 2.29. The highest BCUT2D eigenvalue weighted by Crippen LogP contribution is 2.45. The van der Waals surface area contributed by atoms with Crippen molar-refractivity contribution < 1.29 is 14.3 Å². The number of methoxy groups -OCH3 is 1. The van der Waals surface area contributed by atoms with E-state index in [4.69, 9.17) is 10.5 Å². The molecule has 0 spiro atoms. The second-order valence-electron chi connectivity index (χ2n) is 10.3. The lowest BCUT2D eigenvalue weighted by Crippen LogP contribution is -2.15. The Balaban J connectivity index is 1.37. The van der Waals surface area contributed by atoms with Gasteiger partial charge in [0.1, 0.15) is 33.5 Å². The number of nitriles is 2. The standard InChI is InChI=1S/C33H29N5O3S2/c1-18(2)19-8-10-21(11-9-19)27-24(16-34)30(36)38-31(25(27)17-35)42-15-14-26(39)37-32-28(33(40)41-3)23-13-12-20-6-4-5-7-22(20)29(23)43-32/h4-11,18H,12-15H2,1-3H3,(H2,36,38)(H,37,39). The average Bonchev–Trinajstić information content (AvgIpc) is 3.38. The highest BCUT2D eigenvalue weighted by molar-refractivity contribution is 7.99. The third kappa shape index (κ3) is 5.85. The SMILES string of the molecule is COC(=O)c1c(NC(=O)CCSc2nc(N)c(C#N)c(-c3ccc(C(C)C)cc3)c2C#N)sc2c1CCc1ccccc1-2. The Labute approximate surface area is 258 Å². The van der Waals surface area contributed by atoms with E-state index >= 15 is 0 Å². The van der Waals surface area contributed by atoms with Crippen LogP contribution in [0.15, 0.2) is 53.6 Å². The Morgan fingerprint density at radius 2 is 1.81 bits per heavy atom. The van der Waals surface area contributed by atoms with Gasteiger partial charge >= 0.3 is 5.97 Å². The molecule has 0 atom stereocenters. The molecule has 2 aromatic carbocycles. The molecule has 0 radical (unpaired) electrons. The van der Waals surface area contributed by atoms with Gasteiger partial charge in [0, 0.05) is 22.6 Å². The molecule has 8 nitrogen and oxygen atoms in total. The number of hydrogen-bond acceptors (Lipinski definition) is 9. The number of carbonyl (C=O) groups is 2. The first-order valence-electron chi connectivity index (χ1n) is 13.8. The molecule has 2 aromatic heterocycles. The zero-order valence-corrected chi connectivity index (χ0v) is 25.6. The molecule has 0 fully saturated rings. The number of nitrogens with zero attached hydrogens (tertiary/aromatic N) is 3. The maximum Gasteiger partial charge on any atom is 0.341 e. The van der Waals surface area contributed by atoms with Gasteiger partial charge in [0.2, 0.25) is 5.91 Å². The summed E-state index contributed by atoms with van der Waals surface area (Å²) in [5.41, 5.74) is 12.4. The Hall–Kier alpha value is -4.64. The minimum Gasteiger partial charge on any atom is -0.465 e. The molecule has 2 heterocycles. The summed E-state index contributed by atoms with van der Waals surface area (Å²) in [5, 5.41) is 23.7. The molecule has 0 aliphatic heterocycles. The normalized spacial score (nSPS) is 11.7. The number of pyridine rings is 1. The van der Waals surface area contributed by atoms with Gasteiger partial charge in [0.25, 0.3) is 0 Å². The number of amides is 1. The number of thiophene rings is 1. The van der Waals surface area contributed by atoms with E-state index in [2.05, 4.69) is 42.4 Å². The van der Waals surface area contributed by atoms with Gasteiger partial charge in [0.15, 0.2) is 0 Å². The van der Waals surface area contributed by atoms with Crippen molar-refractivity contribution in [1.29, 1.82) is 10.5 Å². The number of hydrogen-bond donors (Lipinski definition) is 2. The Bertz CT molecular complexity index is 1810. The Morgan fingerprint density at radius 1 is 1.09 bits per heavy atom. The van der Waals surface area contributed by atoms with Gasteiger partial charge < -0.3 is 15.8 Å². The number of ether oxygens (including phenoxy) is 1. The number of aromatic nitrogens is 1. The van der Waals surface area contributed by atoms with E-state index in [9.17, 15) is 20.1 Å². The van der Waals surface area contributed by atoms with Crippen molar-refractivity contribution in [2.24, 2.45) is 0 Å². The number of nitrogen functional groups attached to an aromatic ring is 1. The van der Waals surface area contributed by atoms with Crippen molar-refractivity contribution in [2.45, 2.75) is 44.1 Å². The van der Waals surface area contributed by atoms with E-state index in [1.54, 1.807) is 0 Å². The number of carbonyl (C=O) groups excluding carboxylic acids is 2. The lowest BCUT2D eigenvalue weighted by molar-refractivity contribution is -0.115. The van der Waals surface area contributed by atoms with E-state index < -0.39 is 5.97 Å². The van der Waals surface area contributed by atoms with Crippen LogP contribution in [0.2, 0.25) is 0 Å².